The Kier molecular flexibility index (Phi) is 9.16. The first kappa shape index (κ1) is 23.1. The molecule has 0 radical (unpaired) electrons. The Labute approximate surface area is 192 Å². The summed E-state index contributed by atoms with van der Waals surface area (Å²) in [7, 11) is 1.84. The van der Waals surface area contributed by atoms with E-state index in [1.54, 1.807) is 6.33 Å². The maximum absolute atomic E-state index is 4.45. The van der Waals surface area contributed by atoms with Crippen LogP contribution in [0.4, 0.5) is 0 Å². The molecule has 1 fully saturated rings. The summed E-state index contributed by atoms with van der Waals surface area (Å²) in [5, 5.41) is 11.6. The molecule has 1 atom stereocenters. The SMILES string of the molecule is CCn1cnnc1CNC(=NC)N1CCN(C(C)c2ccc(Br)cc2)CC1.I. The van der Waals surface area contributed by atoms with Gasteiger partial charge in [-0.25, -0.2) is 0 Å². The lowest BCUT2D eigenvalue weighted by Crippen LogP contribution is -2.52. The molecule has 1 aliphatic rings. The van der Waals surface area contributed by atoms with Crippen molar-refractivity contribution < 1.29 is 0 Å². The van der Waals surface area contributed by atoms with E-state index in [9.17, 15) is 0 Å². The summed E-state index contributed by atoms with van der Waals surface area (Å²) < 4.78 is 3.16. The molecule has 2 heterocycles. The molecule has 154 valence electrons. The first-order valence-corrected chi connectivity index (χ1v) is 10.2. The molecule has 28 heavy (non-hydrogen) atoms. The highest BCUT2D eigenvalue weighted by molar-refractivity contribution is 14.0. The lowest BCUT2D eigenvalue weighted by Gasteiger charge is -2.39. The number of hydrogen-bond donors (Lipinski definition) is 1. The van der Waals surface area contributed by atoms with Crippen LogP contribution in [0.1, 0.15) is 31.3 Å². The Morgan fingerprint density at radius 1 is 1.21 bits per heavy atom. The fourth-order valence-corrected chi connectivity index (χ4v) is 3.71. The third-order valence-electron chi connectivity index (χ3n) is 5.17. The second-order valence-corrected chi connectivity index (χ2v) is 7.60. The maximum atomic E-state index is 4.45. The van der Waals surface area contributed by atoms with E-state index in [0.29, 0.717) is 12.6 Å². The predicted octanol–water partition coefficient (Wildman–Crippen LogP) is 3.13. The molecule has 0 aliphatic carbocycles. The zero-order valence-electron chi connectivity index (χ0n) is 16.7. The van der Waals surface area contributed by atoms with Gasteiger partial charge in [0.05, 0.1) is 6.54 Å². The number of benzene rings is 1. The molecule has 7 nitrogen and oxygen atoms in total. The van der Waals surface area contributed by atoms with Crippen LogP contribution in [0.2, 0.25) is 0 Å². The van der Waals surface area contributed by atoms with Crippen LogP contribution in [-0.2, 0) is 13.1 Å². The summed E-state index contributed by atoms with van der Waals surface area (Å²) in [6.45, 7) is 9.83. The number of aliphatic imine (C=N–C) groups is 1. The molecule has 0 bridgehead atoms. The highest BCUT2D eigenvalue weighted by Crippen LogP contribution is 2.23. The molecule has 1 aromatic carbocycles. The van der Waals surface area contributed by atoms with Crippen molar-refractivity contribution in [2.75, 3.05) is 33.2 Å². The highest BCUT2D eigenvalue weighted by atomic mass is 127. The summed E-state index contributed by atoms with van der Waals surface area (Å²) in [5.41, 5.74) is 1.35. The number of guanidine groups is 1. The number of nitrogens with zero attached hydrogens (tertiary/aromatic N) is 6. The smallest absolute Gasteiger partial charge is 0.194 e. The standard InChI is InChI=1S/C19H28BrN7.HI/c1-4-25-14-23-24-18(25)13-22-19(21-3)27-11-9-26(10-12-27)15(2)16-5-7-17(20)8-6-16;/h5-8,14-15H,4,9-13H2,1-3H3,(H,21,22);1H. The van der Waals surface area contributed by atoms with Gasteiger partial charge in [0.1, 0.15) is 6.33 Å². The zero-order valence-corrected chi connectivity index (χ0v) is 20.6. The molecule has 0 spiro atoms. The maximum Gasteiger partial charge on any atom is 0.194 e. The monoisotopic (exact) mass is 561 g/mol. The van der Waals surface area contributed by atoms with Gasteiger partial charge in [-0.2, -0.15) is 0 Å². The molecular weight excluding hydrogens is 533 g/mol. The van der Waals surface area contributed by atoms with Crippen LogP contribution in [-0.4, -0.2) is 63.8 Å². The van der Waals surface area contributed by atoms with Crippen molar-refractivity contribution in [1.82, 2.24) is 29.9 Å². The minimum atomic E-state index is 0. The molecule has 0 saturated carbocycles. The van der Waals surface area contributed by atoms with E-state index >= 15 is 0 Å². The largest absolute Gasteiger partial charge is 0.349 e. The van der Waals surface area contributed by atoms with E-state index in [1.165, 1.54) is 5.56 Å². The number of hydrogen-bond acceptors (Lipinski definition) is 4. The first-order chi connectivity index (χ1) is 13.1. The Morgan fingerprint density at radius 2 is 1.89 bits per heavy atom. The van der Waals surface area contributed by atoms with Crippen molar-refractivity contribution in [1.29, 1.82) is 0 Å². The van der Waals surface area contributed by atoms with E-state index in [1.807, 2.05) is 11.6 Å². The van der Waals surface area contributed by atoms with Gasteiger partial charge in [0.2, 0.25) is 0 Å². The fraction of sp³-hybridized carbons (Fsp3) is 0.526. The predicted molar refractivity (Wildman–Crippen MR) is 127 cm³/mol. The number of aryl methyl sites for hydroxylation is 1. The third kappa shape index (κ3) is 5.66. The molecule has 3 rings (SSSR count). The van der Waals surface area contributed by atoms with Gasteiger partial charge in [-0.05, 0) is 31.5 Å². The number of aromatic nitrogens is 3. The minimum absolute atomic E-state index is 0. The van der Waals surface area contributed by atoms with Crippen molar-refractivity contribution in [2.24, 2.45) is 4.99 Å². The van der Waals surface area contributed by atoms with Crippen LogP contribution in [0.3, 0.4) is 0 Å². The van der Waals surface area contributed by atoms with E-state index in [2.05, 4.69) is 84.3 Å². The Bertz CT molecular complexity index is 754. The van der Waals surface area contributed by atoms with Crippen molar-refractivity contribution in [2.45, 2.75) is 33.0 Å². The van der Waals surface area contributed by atoms with Crippen LogP contribution >= 0.6 is 39.9 Å². The molecule has 1 aromatic heterocycles. The lowest BCUT2D eigenvalue weighted by molar-refractivity contribution is 0.138. The second kappa shape index (κ2) is 11.1. The summed E-state index contributed by atoms with van der Waals surface area (Å²) in [6, 6.07) is 9.04. The molecule has 1 saturated heterocycles. The molecule has 1 aliphatic heterocycles. The average molecular weight is 562 g/mol. The van der Waals surface area contributed by atoms with Crippen LogP contribution < -0.4 is 5.32 Å². The zero-order chi connectivity index (χ0) is 19.2. The first-order valence-electron chi connectivity index (χ1n) is 9.44. The quantitative estimate of drug-likeness (QED) is 0.345. The van der Waals surface area contributed by atoms with Crippen molar-refractivity contribution >= 4 is 45.9 Å². The number of rotatable bonds is 5. The van der Waals surface area contributed by atoms with Crippen LogP contribution in [0.5, 0.6) is 0 Å². The van der Waals surface area contributed by atoms with E-state index in [4.69, 9.17) is 0 Å². The van der Waals surface area contributed by atoms with Crippen molar-refractivity contribution in [3.05, 3.63) is 46.5 Å². The highest BCUT2D eigenvalue weighted by Gasteiger charge is 2.23. The molecule has 9 heteroatoms. The molecule has 2 aromatic rings. The minimum Gasteiger partial charge on any atom is -0.349 e. The van der Waals surface area contributed by atoms with Gasteiger partial charge in [-0.3, -0.25) is 9.89 Å². The number of halogens is 2. The van der Waals surface area contributed by atoms with Gasteiger partial charge < -0.3 is 14.8 Å². The average Bonchev–Trinajstić information content (AvgIpc) is 3.16. The third-order valence-corrected chi connectivity index (χ3v) is 5.70. The van der Waals surface area contributed by atoms with E-state index in [0.717, 1.165) is 49.0 Å². The van der Waals surface area contributed by atoms with Crippen LogP contribution in [0.15, 0.2) is 40.1 Å². The Balaban J connectivity index is 0.00000280. The summed E-state index contributed by atoms with van der Waals surface area (Å²) in [5.74, 6) is 1.86. The van der Waals surface area contributed by atoms with Crippen LogP contribution in [0.25, 0.3) is 0 Å². The van der Waals surface area contributed by atoms with Gasteiger partial charge in [0, 0.05) is 50.3 Å². The van der Waals surface area contributed by atoms with Gasteiger partial charge in [-0.1, -0.05) is 28.1 Å². The Hall–Kier alpha value is -1.20. The van der Waals surface area contributed by atoms with E-state index in [-0.39, 0.29) is 24.0 Å². The summed E-state index contributed by atoms with van der Waals surface area (Å²) in [4.78, 5) is 9.30. The van der Waals surface area contributed by atoms with Crippen LogP contribution in [0, 0.1) is 0 Å². The van der Waals surface area contributed by atoms with Crippen molar-refractivity contribution in [3.63, 3.8) is 0 Å². The fourth-order valence-electron chi connectivity index (χ4n) is 3.44. The van der Waals surface area contributed by atoms with Gasteiger partial charge in [-0.15, -0.1) is 34.2 Å². The normalized spacial score (nSPS) is 16.6. The second-order valence-electron chi connectivity index (χ2n) is 6.68. The molecule has 1 unspecified atom stereocenters. The van der Waals surface area contributed by atoms with Gasteiger partial charge in [0.15, 0.2) is 11.8 Å². The van der Waals surface area contributed by atoms with E-state index < -0.39 is 0 Å². The lowest BCUT2D eigenvalue weighted by atomic mass is 10.1. The number of nitrogens with one attached hydrogen (secondary N) is 1. The molecular formula is C19H29BrIN7. The summed E-state index contributed by atoms with van der Waals surface area (Å²) in [6.07, 6.45) is 1.77. The topological polar surface area (TPSA) is 61.6 Å². The molecule has 0 amide bonds. The Morgan fingerprint density at radius 3 is 2.50 bits per heavy atom. The molecule has 1 N–H and O–H groups in total. The number of piperazine rings is 1. The van der Waals surface area contributed by atoms with Crippen molar-refractivity contribution in [3.8, 4) is 0 Å². The summed E-state index contributed by atoms with van der Waals surface area (Å²) >= 11 is 3.51. The van der Waals surface area contributed by atoms with Gasteiger partial charge in [0.25, 0.3) is 0 Å². The van der Waals surface area contributed by atoms with Gasteiger partial charge >= 0.3 is 0 Å².